The number of aryl methyl sites for hydroxylation is 1. The minimum absolute atomic E-state index is 0.234. The second kappa shape index (κ2) is 5.86. The predicted octanol–water partition coefficient (Wildman–Crippen LogP) is 2.24. The number of rotatable bonds is 4. The summed E-state index contributed by atoms with van der Waals surface area (Å²) in [6.07, 6.45) is 0.617. The summed E-state index contributed by atoms with van der Waals surface area (Å²) in [5.74, 6) is 1.31. The molecule has 0 amide bonds. The van der Waals surface area contributed by atoms with Gasteiger partial charge in [0.1, 0.15) is 11.6 Å². The third-order valence-corrected chi connectivity index (χ3v) is 2.80. The van der Waals surface area contributed by atoms with Crippen molar-refractivity contribution in [1.29, 1.82) is 0 Å². The molecule has 0 atom stereocenters. The highest BCUT2D eigenvalue weighted by Gasteiger charge is 2.07. The Labute approximate surface area is 115 Å². The number of benzene rings is 1. The van der Waals surface area contributed by atoms with Crippen LogP contribution in [0, 0.1) is 0 Å². The van der Waals surface area contributed by atoms with Crippen LogP contribution < -0.4 is 16.0 Å². The fraction of sp³-hybridized carbons (Fsp3) is 0.231. The molecule has 0 unspecified atom stereocenters. The lowest BCUT2D eigenvalue weighted by Gasteiger charge is -2.10. The summed E-state index contributed by atoms with van der Waals surface area (Å²) in [6.45, 7) is 2.21. The smallest absolute Gasteiger partial charge is 0.254 e. The van der Waals surface area contributed by atoms with Crippen molar-refractivity contribution in [3.8, 4) is 11.6 Å². The molecular weight excluding hydrogens is 266 g/mol. The Hall–Kier alpha value is -1.85. The van der Waals surface area contributed by atoms with Crippen molar-refractivity contribution in [1.82, 2.24) is 9.97 Å². The normalized spacial score (nSPS) is 10.5. The molecule has 1 aromatic carbocycles. The summed E-state index contributed by atoms with van der Waals surface area (Å²) >= 11 is 5.92. The van der Waals surface area contributed by atoms with Crippen LogP contribution in [0.25, 0.3) is 0 Å². The molecule has 0 saturated carbocycles. The molecule has 0 saturated heterocycles. The van der Waals surface area contributed by atoms with Crippen LogP contribution in [0.5, 0.6) is 11.6 Å². The van der Waals surface area contributed by atoms with Gasteiger partial charge in [0.2, 0.25) is 5.88 Å². The van der Waals surface area contributed by atoms with Crippen LogP contribution in [-0.4, -0.2) is 9.97 Å². The number of aromatic nitrogens is 2. The van der Waals surface area contributed by atoms with Gasteiger partial charge in [-0.15, -0.1) is 0 Å². The van der Waals surface area contributed by atoms with Gasteiger partial charge in [0.25, 0.3) is 5.56 Å². The van der Waals surface area contributed by atoms with E-state index < -0.39 is 0 Å². The van der Waals surface area contributed by atoms with E-state index in [1.807, 2.05) is 6.92 Å². The summed E-state index contributed by atoms with van der Waals surface area (Å²) < 4.78 is 5.61. The van der Waals surface area contributed by atoms with Crippen molar-refractivity contribution in [2.45, 2.75) is 19.9 Å². The first-order valence-corrected chi connectivity index (χ1v) is 6.26. The molecule has 0 spiro atoms. The lowest BCUT2D eigenvalue weighted by molar-refractivity contribution is 0.452. The zero-order valence-electron chi connectivity index (χ0n) is 10.4. The zero-order valence-corrected chi connectivity index (χ0v) is 11.2. The lowest BCUT2D eigenvalue weighted by Crippen LogP contribution is -2.10. The van der Waals surface area contributed by atoms with Crippen LogP contribution in [0.4, 0.5) is 0 Å². The molecule has 0 bridgehead atoms. The van der Waals surface area contributed by atoms with Gasteiger partial charge in [-0.05, 0) is 12.1 Å². The van der Waals surface area contributed by atoms with Gasteiger partial charge in [-0.2, -0.15) is 4.98 Å². The van der Waals surface area contributed by atoms with Gasteiger partial charge in [0.15, 0.2) is 0 Å². The molecule has 0 aliphatic carbocycles. The highest BCUT2D eigenvalue weighted by molar-refractivity contribution is 6.30. The first-order valence-electron chi connectivity index (χ1n) is 5.89. The number of hydrogen-bond donors (Lipinski definition) is 2. The second-order valence-corrected chi connectivity index (χ2v) is 4.38. The molecule has 1 aromatic heterocycles. The van der Waals surface area contributed by atoms with Crippen molar-refractivity contribution in [3.63, 3.8) is 0 Å². The third kappa shape index (κ3) is 3.33. The van der Waals surface area contributed by atoms with Crippen LogP contribution >= 0.6 is 11.6 Å². The Morgan fingerprint density at radius 3 is 2.89 bits per heavy atom. The molecule has 3 N–H and O–H groups in total. The first-order chi connectivity index (χ1) is 9.12. The number of nitrogens with one attached hydrogen (secondary N) is 1. The number of aromatic amines is 1. The number of halogens is 1. The Balaban J connectivity index is 2.38. The van der Waals surface area contributed by atoms with Gasteiger partial charge in [-0.3, -0.25) is 4.79 Å². The predicted molar refractivity (Wildman–Crippen MR) is 73.7 cm³/mol. The maximum absolute atomic E-state index is 11.5. The molecule has 0 aliphatic rings. The number of H-pyrrole nitrogens is 1. The number of nitrogens with two attached hydrogens (primary N) is 1. The van der Waals surface area contributed by atoms with Gasteiger partial charge < -0.3 is 15.5 Å². The van der Waals surface area contributed by atoms with Crippen LogP contribution in [-0.2, 0) is 13.0 Å². The van der Waals surface area contributed by atoms with Gasteiger partial charge in [0.05, 0.1) is 6.07 Å². The van der Waals surface area contributed by atoms with Crippen LogP contribution in [0.3, 0.4) is 0 Å². The van der Waals surface area contributed by atoms with Gasteiger partial charge >= 0.3 is 0 Å². The highest BCUT2D eigenvalue weighted by atomic mass is 35.5. The molecule has 0 radical (unpaired) electrons. The summed E-state index contributed by atoms with van der Waals surface area (Å²) in [7, 11) is 0. The van der Waals surface area contributed by atoms with E-state index in [-0.39, 0.29) is 11.4 Å². The van der Waals surface area contributed by atoms with E-state index in [0.717, 1.165) is 5.56 Å². The fourth-order valence-electron chi connectivity index (χ4n) is 1.61. The molecule has 1 heterocycles. The minimum Gasteiger partial charge on any atom is -0.438 e. The van der Waals surface area contributed by atoms with E-state index >= 15 is 0 Å². The minimum atomic E-state index is -0.252. The Morgan fingerprint density at radius 2 is 2.21 bits per heavy atom. The van der Waals surface area contributed by atoms with E-state index in [9.17, 15) is 4.79 Å². The van der Waals surface area contributed by atoms with Crippen LogP contribution in [0.15, 0.2) is 29.1 Å². The summed E-state index contributed by atoms with van der Waals surface area (Å²) in [6, 6.07) is 6.46. The molecule has 0 fully saturated rings. The monoisotopic (exact) mass is 279 g/mol. The zero-order chi connectivity index (χ0) is 13.8. The van der Waals surface area contributed by atoms with Gasteiger partial charge in [-0.1, -0.05) is 24.6 Å². The van der Waals surface area contributed by atoms with E-state index in [1.165, 1.54) is 6.07 Å². The van der Waals surface area contributed by atoms with E-state index in [4.69, 9.17) is 22.1 Å². The fourth-order valence-corrected chi connectivity index (χ4v) is 1.77. The van der Waals surface area contributed by atoms with Crippen molar-refractivity contribution >= 4 is 11.6 Å². The first kappa shape index (κ1) is 13.6. The average Bonchev–Trinajstić information content (AvgIpc) is 2.38. The Morgan fingerprint density at radius 1 is 1.42 bits per heavy atom. The second-order valence-electron chi connectivity index (χ2n) is 3.94. The molecule has 19 heavy (non-hydrogen) atoms. The third-order valence-electron chi connectivity index (χ3n) is 2.57. The Kier molecular flexibility index (Phi) is 4.19. The van der Waals surface area contributed by atoms with E-state index in [2.05, 4.69) is 9.97 Å². The maximum atomic E-state index is 11.5. The lowest BCUT2D eigenvalue weighted by atomic mass is 10.2. The van der Waals surface area contributed by atoms with Crippen molar-refractivity contribution in [2.75, 3.05) is 0 Å². The van der Waals surface area contributed by atoms with Crippen molar-refractivity contribution in [2.24, 2.45) is 5.73 Å². The topological polar surface area (TPSA) is 81.0 Å². The number of ether oxygens (including phenoxy) is 1. The maximum Gasteiger partial charge on any atom is 0.254 e. The number of nitrogens with zero attached hydrogens (tertiary/aromatic N) is 1. The van der Waals surface area contributed by atoms with Gasteiger partial charge in [-0.25, -0.2) is 0 Å². The van der Waals surface area contributed by atoms with E-state index in [1.54, 1.807) is 18.2 Å². The van der Waals surface area contributed by atoms with Crippen molar-refractivity contribution in [3.05, 3.63) is 51.0 Å². The molecule has 5 nitrogen and oxygen atoms in total. The molecule has 100 valence electrons. The molecular formula is C13H14ClN3O2. The van der Waals surface area contributed by atoms with E-state index in [0.29, 0.717) is 29.6 Å². The highest BCUT2D eigenvalue weighted by Crippen LogP contribution is 2.26. The van der Waals surface area contributed by atoms with Crippen LogP contribution in [0.2, 0.25) is 5.02 Å². The summed E-state index contributed by atoms with van der Waals surface area (Å²) in [5, 5.41) is 0.535. The van der Waals surface area contributed by atoms with Crippen LogP contribution in [0.1, 0.15) is 18.3 Å². The SMILES string of the molecule is CCc1nc(Oc2cc(Cl)ccc2CN)cc(=O)[nH]1. The summed E-state index contributed by atoms with van der Waals surface area (Å²) in [4.78, 5) is 18.3. The molecule has 6 heteroatoms. The molecule has 2 rings (SSSR count). The molecule has 2 aromatic rings. The standard InChI is InChI=1S/C13H14ClN3O2/c1-2-11-16-12(18)6-13(17-11)19-10-5-9(14)4-3-8(10)7-15/h3-6H,2,7,15H2,1H3,(H,16,17,18). The summed E-state index contributed by atoms with van der Waals surface area (Å²) in [5.41, 5.74) is 6.17. The quantitative estimate of drug-likeness (QED) is 0.899. The number of hydrogen-bond acceptors (Lipinski definition) is 4. The Bertz CT molecular complexity index is 640. The average molecular weight is 280 g/mol. The largest absolute Gasteiger partial charge is 0.438 e. The van der Waals surface area contributed by atoms with Gasteiger partial charge in [0, 0.05) is 23.6 Å². The van der Waals surface area contributed by atoms with Crippen molar-refractivity contribution < 1.29 is 4.74 Å². The molecule has 0 aliphatic heterocycles.